The van der Waals surface area contributed by atoms with Gasteiger partial charge in [-0.05, 0) is 106 Å². The predicted molar refractivity (Wildman–Crippen MR) is 137 cm³/mol. The van der Waals surface area contributed by atoms with Crippen LogP contribution in [-0.4, -0.2) is 44.7 Å². The first kappa shape index (κ1) is 27.4. The molecule has 4 aliphatic carbocycles. The Kier molecular flexibility index (Phi) is 7.26. The molecule has 0 aromatic heterocycles. The highest BCUT2D eigenvalue weighted by Crippen LogP contribution is 2.69. The minimum atomic E-state index is -1.16. The highest BCUT2D eigenvalue weighted by Gasteiger charge is 2.67. The highest BCUT2D eigenvalue weighted by atomic mass is 16.6. The van der Waals surface area contributed by atoms with Crippen molar-refractivity contribution in [2.24, 2.45) is 46.3 Å². The zero-order valence-electron chi connectivity index (χ0n) is 23.3. The number of carbonyl (C=O) groups excluding carboxylic acids is 1. The smallest absolute Gasteiger partial charge is 0.303 e. The lowest BCUT2D eigenvalue weighted by atomic mass is 9.42. The quantitative estimate of drug-likeness (QED) is 0.427. The van der Waals surface area contributed by atoms with Crippen molar-refractivity contribution >= 4 is 5.97 Å². The van der Waals surface area contributed by atoms with Crippen LogP contribution in [0, 0.1) is 46.3 Å². The summed E-state index contributed by atoms with van der Waals surface area (Å²) >= 11 is 0. The molecule has 0 radical (unpaired) electrons. The summed E-state index contributed by atoms with van der Waals surface area (Å²) in [6.45, 7) is 14.9. The SMILES string of the molecule is CC(=O)OC(C)(C)[C@H](C)CC[C@@H](C)[C@@H]1CC[C@H]2[C@@H]3C[C@@H](O)[C@@]4(O)C[C@@H](O)CC[C@]4(C)[C@H]3CC[C@@]21C. The zero-order chi connectivity index (χ0) is 26.0. The Morgan fingerprint density at radius 1 is 1.03 bits per heavy atom. The first-order chi connectivity index (χ1) is 16.2. The molecule has 0 spiro atoms. The van der Waals surface area contributed by atoms with E-state index in [0.29, 0.717) is 48.3 Å². The molecule has 0 heterocycles. The standard InChI is InChI=1S/C30H52O5/c1-18(8-9-19(2)27(4,5)35-20(3)31)23-10-11-24-22-16-26(33)30(34)17-21(32)12-15-29(30,7)25(22)13-14-28(23,24)6/h18-19,21-26,32-34H,8-17H2,1-7H3/t18-,19-,21+,22+,23+,24+,25+,26-,28-,29-,30+/m1/s1. The topological polar surface area (TPSA) is 87.0 Å². The van der Waals surface area contributed by atoms with Crippen molar-refractivity contribution in [3.05, 3.63) is 0 Å². The van der Waals surface area contributed by atoms with E-state index >= 15 is 0 Å². The van der Waals surface area contributed by atoms with Crippen molar-refractivity contribution in [3.8, 4) is 0 Å². The Morgan fingerprint density at radius 3 is 2.37 bits per heavy atom. The van der Waals surface area contributed by atoms with E-state index in [-0.39, 0.29) is 16.8 Å². The molecule has 4 saturated carbocycles. The normalized spacial score (nSPS) is 47.3. The summed E-state index contributed by atoms with van der Waals surface area (Å²) in [6, 6.07) is 0. The average Bonchev–Trinajstić information content (AvgIpc) is 3.10. The number of fused-ring (bicyclic) bond motifs is 5. The van der Waals surface area contributed by atoms with Gasteiger partial charge in [-0.25, -0.2) is 0 Å². The van der Waals surface area contributed by atoms with Crippen LogP contribution in [0.5, 0.6) is 0 Å². The molecular formula is C30H52O5. The van der Waals surface area contributed by atoms with Crippen LogP contribution < -0.4 is 0 Å². The molecular weight excluding hydrogens is 440 g/mol. The van der Waals surface area contributed by atoms with E-state index in [1.54, 1.807) is 0 Å². The molecule has 5 heteroatoms. The third kappa shape index (κ3) is 4.40. The first-order valence-electron chi connectivity index (χ1n) is 14.4. The van der Waals surface area contributed by atoms with Gasteiger partial charge in [0.05, 0.1) is 17.8 Å². The predicted octanol–water partition coefficient (Wildman–Crippen LogP) is 5.49. The fourth-order valence-corrected chi connectivity index (χ4v) is 9.77. The van der Waals surface area contributed by atoms with E-state index in [0.717, 1.165) is 32.1 Å². The van der Waals surface area contributed by atoms with Gasteiger partial charge in [0.15, 0.2) is 0 Å². The molecule has 0 bridgehead atoms. The van der Waals surface area contributed by atoms with Gasteiger partial charge in [0.25, 0.3) is 0 Å². The lowest BCUT2D eigenvalue weighted by Crippen LogP contribution is -2.68. The Hall–Kier alpha value is -0.650. The van der Waals surface area contributed by atoms with Gasteiger partial charge in [-0.15, -0.1) is 0 Å². The van der Waals surface area contributed by atoms with Crippen molar-refractivity contribution in [2.75, 3.05) is 0 Å². The van der Waals surface area contributed by atoms with Crippen molar-refractivity contribution in [1.29, 1.82) is 0 Å². The number of hydrogen-bond donors (Lipinski definition) is 3. The molecule has 4 rings (SSSR count). The molecule has 11 atom stereocenters. The molecule has 0 amide bonds. The van der Waals surface area contributed by atoms with Crippen LogP contribution in [0.4, 0.5) is 0 Å². The molecule has 0 aliphatic heterocycles. The third-order valence-corrected chi connectivity index (χ3v) is 12.2. The van der Waals surface area contributed by atoms with Crippen molar-refractivity contribution in [2.45, 2.75) is 136 Å². The van der Waals surface area contributed by atoms with E-state index in [4.69, 9.17) is 4.74 Å². The molecule has 0 unspecified atom stereocenters. The minimum absolute atomic E-state index is 0.208. The number of aliphatic hydroxyl groups excluding tert-OH is 2. The Bertz CT molecular complexity index is 796. The van der Waals surface area contributed by atoms with E-state index in [1.807, 2.05) is 13.8 Å². The van der Waals surface area contributed by atoms with Gasteiger partial charge in [-0.3, -0.25) is 4.79 Å². The molecule has 0 aromatic carbocycles. The number of aliphatic hydroxyl groups is 3. The molecule has 35 heavy (non-hydrogen) atoms. The highest BCUT2D eigenvalue weighted by molar-refractivity contribution is 5.66. The molecule has 4 fully saturated rings. The Labute approximate surface area is 213 Å². The van der Waals surface area contributed by atoms with Crippen LogP contribution >= 0.6 is 0 Å². The molecule has 0 aromatic rings. The molecule has 3 N–H and O–H groups in total. The fraction of sp³-hybridized carbons (Fsp3) is 0.967. The molecule has 202 valence electrons. The lowest BCUT2D eigenvalue weighted by Gasteiger charge is -2.65. The summed E-state index contributed by atoms with van der Waals surface area (Å²) in [5, 5.41) is 33.2. The molecule has 0 saturated heterocycles. The number of carbonyl (C=O) groups is 1. The van der Waals surface area contributed by atoms with Crippen LogP contribution in [-0.2, 0) is 9.53 Å². The van der Waals surface area contributed by atoms with Crippen LogP contribution in [0.25, 0.3) is 0 Å². The Morgan fingerprint density at radius 2 is 1.71 bits per heavy atom. The maximum absolute atomic E-state index is 11.7. The number of ether oxygens (including phenoxy) is 1. The summed E-state index contributed by atoms with van der Waals surface area (Å²) in [5.74, 6) is 2.89. The fourth-order valence-electron chi connectivity index (χ4n) is 9.77. The summed E-state index contributed by atoms with van der Waals surface area (Å²) < 4.78 is 5.60. The van der Waals surface area contributed by atoms with Gasteiger partial charge in [-0.1, -0.05) is 34.1 Å². The van der Waals surface area contributed by atoms with E-state index < -0.39 is 23.4 Å². The Balaban J connectivity index is 1.46. The van der Waals surface area contributed by atoms with Crippen LogP contribution in [0.3, 0.4) is 0 Å². The van der Waals surface area contributed by atoms with Gasteiger partial charge >= 0.3 is 5.97 Å². The summed E-state index contributed by atoms with van der Waals surface area (Å²) in [7, 11) is 0. The average molecular weight is 493 g/mol. The first-order valence-corrected chi connectivity index (χ1v) is 14.4. The number of esters is 1. The van der Waals surface area contributed by atoms with E-state index in [1.165, 1.54) is 26.2 Å². The van der Waals surface area contributed by atoms with Gasteiger partial charge in [0.2, 0.25) is 0 Å². The molecule has 5 nitrogen and oxygen atoms in total. The maximum Gasteiger partial charge on any atom is 0.303 e. The van der Waals surface area contributed by atoms with Crippen LogP contribution in [0.15, 0.2) is 0 Å². The van der Waals surface area contributed by atoms with E-state index in [2.05, 4.69) is 27.7 Å². The molecule has 4 aliphatic rings. The van der Waals surface area contributed by atoms with Crippen LogP contribution in [0.2, 0.25) is 0 Å². The summed E-state index contributed by atoms with van der Waals surface area (Å²) in [5.41, 5.74) is -1.62. The lowest BCUT2D eigenvalue weighted by molar-refractivity contribution is -0.264. The maximum atomic E-state index is 11.7. The summed E-state index contributed by atoms with van der Waals surface area (Å²) in [6.07, 6.45) is 8.29. The van der Waals surface area contributed by atoms with Crippen molar-refractivity contribution in [1.82, 2.24) is 0 Å². The zero-order valence-corrected chi connectivity index (χ0v) is 23.3. The second kappa shape index (κ2) is 9.27. The van der Waals surface area contributed by atoms with Gasteiger partial charge in [0.1, 0.15) is 5.60 Å². The minimum Gasteiger partial charge on any atom is -0.460 e. The number of rotatable bonds is 6. The van der Waals surface area contributed by atoms with Gasteiger partial charge in [-0.2, -0.15) is 0 Å². The van der Waals surface area contributed by atoms with Gasteiger partial charge in [0, 0.05) is 18.8 Å². The second-order valence-corrected chi connectivity index (χ2v) is 14.2. The van der Waals surface area contributed by atoms with E-state index in [9.17, 15) is 20.1 Å². The summed E-state index contributed by atoms with van der Waals surface area (Å²) in [4.78, 5) is 11.5. The second-order valence-electron chi connectivity index (χ2n) is 14.2. The van der Waals surface area contributed by atoms with Gasteiger partial charge < -0.3 is 20.1 Å². The van der Waals surface area contributed by atoms with Crippen LogP contribution in [0.1, 0.15) is 113 Å². The monoisotopic (exact) mass is 492 g/mol. The largest absolute Gasteiger partial charge is 0.460 e. The van der Waals surface area contributed by atoms with Crippen molar-refractivity contribution in [3.63, 3.8) is 0 Å². The van der Waals surface area contributed by atoms with Crippen molar-refractivity contribution < 1.29 is 24.9 Å². The third-order valence-electron chi connectivity index (χ3n) is 12.2. The number of hydrogen-bond acceptors (Lipinski definition) is 5.